The molecule has 2 aromatic carbocycles. The zero-order valence-electron chi connectivity index (χ0n) is 19.0. The van der Waals surface area contributed by atoms with Crippen molar-refractivity contribution in [3.8, 4) is 0 Å². The highest BCUT2D eigenvalue weighted by atomic mass is 32.2. The summed E-state index contributed by atoms with van der Waals surface area (Å²) in [5.41, 5.74) is 1.00. The molecule has 186 valence electrons. The van der Waals surface area contributed by atoms with E-state index < -0.39 is 27.6 Å². The van der Waals surface area contributed by atoms with Crippen molar-refractivity contribution in [2.45, 2.75) is 24.3 Å². The Balaban J connectivity index is 1.37. The Morgan fingerprint density at radius 3 is 2.47 bits per heavy atom. The Morgan fingerprint density at radius 2 is 1.81 bits per heavy atom. The number of carbonyl (C=O) groups excluding carboxylic acids is 1. The number of aromatic nitrogens is 2. The molecule has 11 heteroatoms. The van der Waals surface area contributed by atoms with Gasteiger partial charge in [-0.25, -0.2) is 22.2 Å². The van der Waals surface area contributed by atoms with Gasteiger partial charge in [-0.15, -0.1) is 0 Å². The van der Waals surface area contributed by atoms with Crippen LogP contribution in [0.2, 0.25) is 0 Å². The molecule has 0 unspecified atom stereocenters. The maximum Gasteiger partial charge on any atom is 0.243 e. The van der Waals surface area contributed by atoms with Crippen molar-refractivity contribution >= 4 is 42.6 Å². The lowest BCUT2D eigenvalue weighted by atomic mass is 9.96. The number of benzene rings is 2. The minimum absolute atomic E-state index is 0.0170. The number of sulfonamides is 1. The van der Waals surface area contributed by atoms with Gasteiger partial charge in [-0.3, -0.25) is 14.7 Å². The second-order valence-corrected chi connectivity index (χ2v) is 11.4. The van der Waals surface area contributed by atoms with E-state index in [4.69, 9.17) is 0 Å². The highest BCUT2D eigenvalue weighted by molar-refractivity contribution is 7.89. The molecule has 1 aliphatic rings. The first kappa shape index (κ1) is 24.4. The second kappa shape index (κ2) is 10.00. The lowest BCUT2D eigenvalue weighted by Crippen LogP contribution is -2.44. The summed E-state index contributed by atoms with van der Waals surface area (Å²) >= 11 is 1.23. The van der Waals surface area contributed by atoms with Gasteiger partial charge < -0.3 is 0 Å². The number of halogens is 2. The highest BCUT2D eigenvalue weighted by Gasteiger charge is 2.35. The van der Waals surface area contributed by atoms with Crippen LogP contribution in [-0.2, 0) is 21.4 Å². The average molecular weight is 529 g/mol. The molecule has 5 rings (SSSR count). The standard InChI is InChI=1S/C25H22F2N4O3S2/c26-19-6-8-20(9-7-19)36(33,34)30-13-10-18(11-14-30)24(32)31(16-17-3-2-12-28-15-17)25-29-23-21(27)4-1-5-22(23)35-25/h1-9,12,15,18H,10-11,13-14,16H2. The normalized spacial score (nSPS) is 15.3. The molecule has 1 saturated heterocycles. The number of amides is 1. The molecule has 0 bridgehead atoms. The van der Waals surface area contributed by atoms with Crippen LogP contribution in [0.4, 0.5) is 13.9 Å². The average Bonchev–Trinajstić information content (AvgIpc) is 3.33. The number of piperidine rings is 1. The molecule has 0 N–H and O–H groups in total. The van der Waals surface area contributed by atoms with E-state index in [1.807, 2.05) is 6.07 Å². The number of fused-ring (bicyclic) bond motifs is 1. The molecule has 36 heavy (non-hydrogen) atoms. The van der Waals surface area contributed by atoms with E-state index >= 15 is 0 Å². The molecule has 1 amide bonds. The first-order valence-electron chi connectivity index (χ1n) is 11.3. The first-order chi connectivity index (χ1) is 17.3. The van der Waals surface area contributed by atoms with Crippen molar-refractivity contribution in [1.82, 2.24) is 14.3 Å². The van der Waals surface area contributed by atoms with Crippen LogP contribution in [-0.4, -0.2) is 41.7 Å². The van der Waals surface area contributed by atoms with Crippen molar-refractivity contribution < 1.29 is 22.0 Å². The molecule has 2 aromatic heterocycles. The van der Waals surface area contributed by atoms with Crippen LogP contribution in [0.3, 0.4) is 0 Å². The Hall–Kier alpha value is -3.28. The summed E-state index contributed by atoms with van der Waals surface area (Å²) in [7, 11) is -3.79. The van der Waals surface area contributed by atoms with Crippen molar-refractivity contribution in [2.24, 2.45) is 5.92 Å². The van der Waals surface area contributed by atoms with Crippen LogP contribution in [0, 0.1) is 17.6 Å². The fourth-order valence-electron chi connectivity index (χ4n) is 4.25. The molecule has 1 fully saturated rings. The first-order valence-corrected chi connectivity index (χ1v) is 13.6. The number of rotatable bonds is 6. The fourth-order valence-corrected chi connectivity index (χ4v) is 6.71. The van der Waals surface area contributed by atoms with Crippen molar-refractivity contribution in [3.63, 3.8) is 0 Å². The molecule has 4 aromatic rings. The number of pyridine rings is 1. The zero-order valence-corrected chi connectivity index (χ0v) is 20.7. The monoisotopic (exact) mass is 528 g/mol. The van der Waals surface area contributed by atoms with Gasteiger partial charge in [-0.05, 0) is 60.9 Å². The van der Waals surface area contributed by atoms with Crippen LogP contribution >= 0.6 is 11.3 Å². The van der Waals surface area contributed by atoms with E-state index in [1.165, 1.54) is 38.7 Å². The van der Waals surface area contributed by atoms with Gasteiger partial charge in [-0.1, -0.05) is 23.5 Å². The fraction of sp³-hybridized carbons (Fsp3) is 0.240. The van der Waals surface area contributed by atoms with E-state index in [1.54, 1.807) is 30.6 Å². The largest absolute Gasteiger partial charge is 0.283 e. The van der Waals surface area contributed by atoms with Gasteiger partial charge in [0.25, 0.3) is 0 Å². The topological polar surface area (TPSA) is 83.5 Å². The van der Waals surface area contributed by atoms with Crippen LogP contribution in [0.1, 0.15) is 18.4 Å². The Bertz CT molecular complexity index is 1490. The van der Waals surface area contributed by atoms with Gasteiger partial charge >= 0.3 is 0 Å². The summed E-state index contributed by atoms with van der Waals surface area (Å²) in [6.07, 6.45) is 3.94. The molecule has 3 heterocycles. The number of para-hydroxylation sites is 1. The van der Waals surface area contributed by atoms with Gasteiger partial charge in [0.05, 0.1) is 16.1 Å². The molecular weight excluding hydrogens is 506 g/mol. The maximum atomic E-state index is 14.3. The highest BCUT2D eigenvalue weighted by Crippen LogP contribution is 2.34. The molecule has 0 spiro atoms. The number of anilines is 1. The van der Waals surface area contributed by atoms with Gasteiger partial charge in [0, 0.05) is 31.4 Å². The van der Waals surface area contributed by atoms with Gasteiger partial charge in [0.15, 0.2) is 5.13 Å². The third-order valence-corrected chi connectivity index (χ3v) is 9.13. The summed E-state index contributed by atoms with van der Waals surface area (Å²) in [6.45, 7) is 0.527. The van der Waals surface area contributed by atoms with Crippen LogP contribution in [0.25, 0.3) is 10.2 Å². The zero-order chi connectivity index (χ0) is 25.3. The Morgan fingerprint density at radius 1 is 1.06 bits per heavy atom. The predicted molar refractivity (Wildman–Crippen MR) is 133 cm³/mol. The summed E-state index contributed by atoms with van der Waals surface area (Å²) in [5, 5.41) is 0.380. The lowest BCUT2D eigenvalue weighted by Gasteiger charge is -2.33. The number of nitrogens with zero attached hydrogens (tertiary/aromatic N) is 4. The van der Waals surface area contributed by atoms with E-state index in [2.05, 4.69) is 9.97 Å². The van der Waals surface area contributed by atoms with Gasteiger partial charge in [-0.2, -0.15) is 4.31 Å². The number of thiazole rings is 1. The molecular formula is C25H22F2N4O3S2. The summed E-state index contributed by atoms with van der Waals surface area (Å²) < 4.78 is 55.4. The number of hydrogen-bond acceptors (Lipinski definition) is 6. The summed E-state index contributed by atoms with van der Waals surface area (Å²) in [5.74, 6) is -1.60. The van der Waals surface area contributed by atoms with Crippen molar-refractivity contribution in [1.29, 1.82) is 0 Å². The molecule has 0 radical (unpaired) electrons. The SMILES string of the molecule is O=C(C1CCN(S(=O)(=O)c2ccc(F)cc2)CC1)N(Cc1cccnc1)c1nc2c(F)cccc2s1. The lowest BCUT2D eigenvalue weighted by molar-refractivity contribution is -0.123. The van der Waals surface area contributed by atoms with E-state index in [9.17, 15) is 22.0 Å². The number of carbonyl (C=O) groups is 1. The molecule has 0 atom stereocenters. The van der Waals surface area contributed by atoms with Crippen LogP contribution < -0.4 is 4.90 Å². The minimum Gasteiger partial charge on any atom is -0.283 e. The maximum absolute atomic E-state index is 14.3. The third kappa shape index (κ3) is 4.86. The quantitative estimate of drug-likeness (QED) is 0.365. The van der Waals surface area contributed by atoms with E-state index in [-0.39, 0.29) is 36.0 Å². The van der Waals surface area contributed by atoms with Crippen LogP contribution in [0.15, 0.2) is 71.9 Å². The van der Waals surface area contributed by atoms with Crippen LogP contribution in [0.5, 0.6) is 0 Å². The molecule has 7 nitrogen and oxygen atoms in total. The van der Waals surface area contributed by atoms with Crippen molar-refractivity contribution in [2.75, 3.05) is 18.0 Å². The molecule has 0 aliphatic carbocycles. The summed E-state index contributed by atoms with van der Waals surface area (Å²) in [6, 6.07) is 13.0. The van der Waals surface area contributed by atoms with Gasteiger partial charge in [0.1, 0.15) is 17.2 Å². The Kier molecular flexibility index (Phi) is 6.78. The molecule has 0 saturated carbocycles. The van der Waals surface area contributed by atoms with E-state index in [0.29, 0.717) is 22.7 Å². The summed E-state index contributed by atoms with van der Waals surface area (Å²) in [4.78, 5) is 23.8. The second-order valence-electron chi connectivity index (χ2n) is 8.50. The minimum atomic E-state index is -3.79. The predicted octanol–water partition coefficient (Wildman–Crippen LogP) is 4.60. The molecule has 1 aliphatic heterocycles. The smallest absolute Gasteiger partial charge is 0.243 e. The van der Waals surface area contributed by atoms with Crippen molar-refractivity contribution in [3.05, 3.63) is 84.2 Å². The Labute approximate surface area is 211 Å². The van der Waals surface area contributed by atoms with E-state index in [0.717, 1.165) is 17.7 Å². The van der Waals surface area contributed by atoms with Gasteiger partial charge in [0.2, 0.25) is 15.9 Å². The third-order valence-electron chi connectivity index (χ3n) is 6.17. The number of hydrogen-bond donors (Lipinski definition) is 0.